The van der Waals surface area contributed by atoms with Gasteiger partial charge in [-0.25, -0.2) is 0 Å². The van der Waals surface area contributed by atoms with Crippen molar-refractivity contribution in [1.29, 1.82) is 0 Å². The van der Waals surface area contributed by atoms with Gasteiger partial charge in [-0.05, 0) is 36.6 Å². The zero-order valence-electron chi connectivity index (χ0n) is 14.9. The van der Waals surface area contributed by atoms with Crippen molar-refractivity contribution in [3.8, 4) is 0 Å². The SMILES string of the molecule is Cc1ccc(C(=O)NCC(=O)Nc2cccc(C(C)C)c2)cc1[N+](=O)[O-]. The van der Waals surface area contributed by atoms with Crippen LogP contribution in [0.2, 0.25) is 0 Å². The second-order valence-corrected chi connectivity index (χ2v) is 6.27. The third kappa shape index (κ3) is 4.89. The highest BCUT2D eigenvalue weighted by atomic mass is 16.6. The summed E-state index contributed by atoms with van der Waals surface area (Å²) in [5.74, 6) is -0.580. The molecule has 26 heavy (non-hydrogen) atoms. The average Bonchev–Trinajstić information content (AvgIpc) is 2.60. The van der Waals surface area contributed by atoms with E-state index in [-0.39, 0.29) is 23.7 Å². The van der Waals surface area contributed by atoms with Gasteiger partial charge >= 0.3 is 0 Å². The Hall–Kier alpha value is -3.22. The molecule has 0 bridgehead atoms. The largest absolute Gasteiger partial charge is 0.343 e. The molecule has 0 fully saturated rings. The fraction of sp³-hybridized carbons (Fsp3) is 0.263. The van der Waals surface area contributed by atoms with E-state index in [1.807, 2.05) is 18.2 Å². The van der Waals surface area contributed by atoms with Gasteiger partial charge < -0.3 is 10.6 Å². The highest BCUT2D eigenvalue weighted by molar-refractivity contribution is 5.99. The number of rotatable bonds is 6. The van der Waals surface area contributed by atoms with Gasteiger partial charge in [0, 0.05) is 22.9 Å². The van der Waals surface area contributed by atoms with Crippen LogP contribution in [0, 0.1) is 17.0 Å². The number of nitro benzene ring substituents is 1. The van der Waals surface area contributed by atoms with Crippen molar-refractivity contribution in [2.24, 2.45) is 0 Å². The van der Waals surface area contributed by atoms with E-state index in [0.717, 1.165) is 5.56 Å². The van der Waals surface area contributed by atoms with Gasteiger partial charge in [0.1, 0.15) is 0 Å². The standard InChI is InChI=1S/C19H21N3O4/c1-12(2)14-5-4-6-16(9-14)21-18(23)11-20-19(24)15-8-7-13(3)17(10-15)22(25)26/h4-10,12H,11H2,1-3H3,(H,20,24)(H,21,23). The first-order valence-corrected chi connectivity index (χ1v) is 8.21. The number of benzene rings is 2. The molecule has 0 aliphatic heterocycles. The van der Waals surface area contributed by atoms with Crippen LogP contribution in [-0.2, 0) is 4.79 Å². The Labute approximate surface area is 151 Å². The van der Waals surface area contributed by atoms with Gasteiger partial charge in [-0.3, -0.25) is 19.7 Å². The summed E-state index contributed by atoms with van der Waals surface area (Å²) >= 11 is 0. The number of nitrogens with one attached hydrogen (secondary N) is 2. The molecule has 0 heterocycles. The number of hydrogen-bond acceptors (Lipinski definition) is 4. The number of amides is 2. The molecule has 0 saturated heterocycles. The quantitative estimate of drug-likeness (QED) is 0.612. The van der Waals surface area contributed by atoms with Crippen LogP contribution in [0.5, 0.6) is 0 Å². The third-order valence-corrected chi connectivity index (χ3v) is 3.91. The zero-order valence-corrected chi connectivity index (χ0v) is 14.9. The number of carbonyl (C=O) groups is 2. The molecule has 0 aromatic heterocycles. The summed E-state index contributed by atoms with van der Waals surface area (Å²) in [5, 5.41) is 16.1. The number of anilines is 1. The number of nitro groups is 1. The van der Waals surface area contributed by atoms with E-state index >= 15 is 0 Å². The van der Waals surface area contributed by atoms with Crippen molar-refractivity contribution < 1.29 is 14.5 Å². The van der Waals surface area contributed by atoms with Crippen LogP contribution in [0.3, 0.4) is 0 Å². The molecule has 7 heteroatoms. The lowest BCUT2D eigenvalue weighted by Gasteiger charge is -2.10. The lowest BCUT2D eigenvalue weighted by atomic mass is 10.0. The van der Waals surface area contributed by atoms with Crippen molar-refractivity contribution in [3.63, 3.8) is 0 Å². The molecule has 136 valence electrons. The molecule has 0 unspecified atom stereocenters. The summed E-state index contributed by atoms with van der Waals surface area (Å²) in [6, 6.07) is 11.7. The van der Waals surface area contributed by atoms with Crippen LogP contribution in [0.25, 0.3) is 0 Å². The second-order valence-electron chi connectivity index (χ2n) is 6.27. The summed E-state index contributed by atoms with van der Waals surface area (Å²) in [6.07, 6.45) is 0. The average molecular weight is 355 g/mol. The monoisotopic (exact) mass is 355 g/mol. The van der Waals surface area contributed by atoms with Crippen LogP contribution in [-0.4, -0.2) is 23.3 Å². The summed E-state index contributed by atoms with van der Waals surface area (Å²) in [5.41, 5.74) is 2.22. The van der Waals surface area contributed by atoms with E-state index in [9.17, 15) is 19.7 Å². The summed E-state index contributed by atoms with van der Waals surface area (Å²) in [4.78, 5) is 34.6. The van der Waals surface area contributed by atoms with Crippen molar-refractivity contribution in [2.75, 3.05) is 11.9 Å². The van der Waals surface area contributed by atoms with Crippen LogP contribution >= 0.6 is 0 Å². The number of hydrogen-bond donors (Lipinski definition) is 2. The highest BCUT2D eigenvalue weighted by Crippen LogP contribution is 2.19. The van der Waals surface area contributed by atoms with E-state index in [2.05, 4.69) is 24.5 Å². The lowest BCUT2D eigenvalue weighted by Crippen LogP contribution is -2.32. The molecule has 7 nitrogen and oxygen atoms in total. The van der Waals surface area contributed by atoms with Gasteiger partial charge in [-0.2, -0.15) is 0 Å². The van der Waals surface area contributed by atoms with Crippen LogP contribution in [0.15, 0.2) is 42.5 Å². The van der Waals surface area contributed by atoms with E-state index < -0.39 is 10.8 Å². The zero-order chi connectivity index (χ0) is 19.3. The lowest BCUT2D eigenvalue weighted by molar-refractivity contribution is -0.385. The maximum atomic E-state index is 12.1. The van der Waals surface area contributed by atoms with Crippen LogP contribution in [0.1, 0.15) is 41.3 Å². The predicted molar refractivity (Wildman–Crippen MR) is 99.3 cm³/mol. The first kappa shape index (κ1) is 19.1. The molecular weight excluding hydrogens is 334 g/mol. The molecule has 0 saturated carbocycles. The van der Waals surface area contributed by atoms with Gasteiger partial charge in [0.25, 0.3) is 11.6 Å². The van der Waals surface area contributed by atoms with Crippen molar-refractivity contribution in [2.45, 2.75) is 26.7 Å². The van der Waals surface area contributed by atoms with Gasteiger partial charge in [0.15, 0.2) is 0 Å². The Morgan fingerprint density at radius 1 is 1.15 bits per heavy atom. The fourth-order valence-electron chi connectivity index (χ4n) is 2.39. The first-order valence-electron chi connectivity index (χ1n) is 8.21. The summed E-state index contributed by atoms with van der Waals surface area (Å²) in [6.45, 7) is 5.48. The number of nitrogens with zero attached hydrogens (tertiary/aromatic N) is 1. The first-order chi connectivity index (χ1) is 12.3. The fourth-order valence-corrected chi connectivity index (χ4v) is 2.39. The molecule has 0 aliphatic rings. The normalized spacial score (nSPS) is 10.5. The Balaban J connectivity index is 1.97. The minimum Gasteiger partial charge on any atom is -0.343 e. The van der Waals surface area contributed by atoms with Gasteiger partial charge in [0.05, 0.1) is 11.5 Å². The van der Waals surface area contributed by atoms with Crippen LogP contribution < -0.4 is 10.6 Å². The Kier molecular flexibility index (Phi) is 6.06. The smallest absolute Gasteiger partial charge is 0.273 e. The molecule has 0 atom stereocenters. The molecule has 0 spiro atoms. The predicted octanol–water partition coefficient (Wildman–Crippen LogP) is 3.40. The second kappa shape index (κ2) is 8.24. The van der Waals surface area contributed by atoms with Gasteiger partial charge in [-0.15, -0.1) is 0 Å². The van der Waals surface area contributed by atoms with Crippen molar-refractivity contribution >= 4 is 23.2 Å². The Morgan fingerprint density at radius 2 is 1.88 bits per heavy atom. The minimum atomic E-state index is -0.542. The van der Waals surface area contributed by atoms with Gasteiger partial charge in [-0.1, -0.05) is 32.0 Å². The van der Waals surface area contributed by atoms with Crippen LogP contribution in [0.4, 0.5) is 11.4 Å². The minimum absolute atomic E-state index is 0.132. The van der Waals surface area contributed by atoms with E-state index in [0.29, 0.717) is 17.2 Å². The molecular formula is C19H21N3O4. The number of carbonyl (C=O) groups excluding carboxylic acids is 2. The third-order valence-electron chi connectivity index (χ3n) is 3.91. The molecule has 2 N–H and O–H groups in total. The Morgan fingerprint density at radius 3 is 2.54 bits per heavy atom. The maximum absolute atomic E-state index is 12.1. The summed E-state index contributed by atoms with van der Waals surface area (Å²) in [7, 11) is 0. The maximum Gasteiger partial charge on any atom is 0.273 e. The van der Waals surface area contributed by atoms with Crippen molar-refractivity contribution in [3.05, 3.63) is 69.3 Å². The highest BCUT2D eigenvalue weighted by Gasteiger charge is 2.15. The molecule has 2 rings (SSSR count). The molecule has 2 aromatic rings. The molecule has 0 aliphatic carbocycles. The Bertz CT molecular complexity index is 846. The summed E-state index contributed by atoms with van der Waals surface area (Å²) < 4.78 is 0. The van der Waals surface area contributed by atoms with Crippen molar-refractivity contribution in [1.82, 2.24) is 5.32 Å². The van der Waals surface area contributed by atoms with E-state index in [1.165, 1.54) is 18.2 Å². The topological polar surface area (TPSA) is 101 Å². The molecule has 2 amide bonds. The van der Waals surface area contributed by atoms with Gasteiger partial charge in [0.2, 0.25) is 5.91 Å². The molecule has 2 aromatic carbocycles. The molecule has 0 radical (unpaired) electrons. The number of aryl methyl sites for hydroxylation is 1. The van der Waals surface area contributed by atoms with E-state index in [4.69, 9.17) is 0 Å². The van der Waals surface area contributed by atoms with E-state index in [1.54, 1.807) is 13.0 Å².